The molecule has 0 N–H and O–H groups in total. The van der Waals surface area contributed by atoms with Crippen LogP contribution < -0.4 is 0 Å². The highest BCUT2D eigenvalue weighted by atomic mass is 16.5. The van der Waals surface area contributed by atoms with E-state index in [1.807, 2.05) is 0 Å². The second-order valence-electron chi connectivity index (χ2n) is 7.85. The summed E-state index contributed by atoms with van der Waals surface area (Å²) in [6, 6.07) is 0. The number of piperidine rings is 1. The van der Waals surface area contributed by atoms with Gasteiger partial charge in [-0.1, -0.05) is 20.4 Å². The number of rotatable bonds is 4. The van der Waals surface area contributed by atoms with Crippen molar-refractivity contribution in [2.75, 3.05) is 6.54 Å². The summed E-state index contributed by atoms with van der Waals surface area (Å²) < 4.78 is 5.61. The van der Waals surface area contributed by atoms with Crippen molar-refractivity contribution in [2.24, 2.45) is 5.92 Å². The Kier molecular flexibility index (Phi) is 5.07. The first kappa shape index (κ1) is 17.2. The smallest absolute Gasteiger partial charge is 0.333 e. The van der Waals surface area contributed by atoms with Crippen LogP contribution in [-0.2, 0) is 9.53 Å². The molecule has 0 aromatic heterocycles. The lowest BCUT2D eigenvalue weighted by atomic mass is 9.77. The minimum atomic E-state index is -0.265. The fourth-order valence-electron chi connectivity index (χ4n) is 3.42. The summed E-state index contributed by atoms with van der Waals surface area (Å²) in [7, 11) is 0. The van der Waals surface area contributed by atoms with Crippen LogP contribution in [0.2, 0.25) is 0 Å². The third-order valence-electron chi connectivity index (χ3n) is 4.09. The Morgan fingerprint density at radius 1 is 1.25 bits per heavy atom. The van der Waals surface area contributed by atoms with Crippen molar-refractivity contribution in [3.63, 3.8) is 0 Å². The van der Waals surface area contributed by atoms with Crippen molar-refractivity contribution in [3.05, 3.63) is 12.2 Å². The second kappa shape index (κ2) is 5.88. The molecule has 1 aliphatic heterocycles. The first-order valence-corrected chi connectivity index (χ1v) is 7.60. The van der Waals surface area contributed by atoms with Gasteiger partial charge >= 0.3 is 5.97 Å². The molecular weight excluding hydrogens is 250 g/mol. The van der Waals surface area contributed by atoms with E-state index >= 15 is 0 Å². The van der Waals surface area contributed by atoms with Gasteiger partial charge in [-0.05, 0) is 40.5 Å². The maximum absolute atomic E-state index is 11.8. The molecule has 0 aromatic rings. The lowest BCUT2D eigenvalue weighted by Gasteiger charge is -2.55. The van der Waals surface area contributed by atoms with Gasteiger partial charge in [0.1, 0.15) is 6.10 Å². The Labute approximate surface area is 124 Å². The molecule has 1 fully saturated rings. The molecule has 0 amide bonds. The molecule has 0 saturated carbocycles. The van der Waals surface area contributed by atoms with Crippen LogP contribution in [0, 0.1) is 5.92 Å². The van der Waals surface area contributed by atoms with E-state index in [1.54, 1.807) is 6.92 Å². The number of carbonyl (C=O) groups is 1. The average molecular weight is 281 g/mol. The molecule has 1 rings (SSSR count). The third kappa shape index (κ3) is 4.08. The highest BCUT2D eigenvalue weighted by Crippen LogP contribution is 2.40. The number of hydrogen-bond acceptors (Lipinski definition) is 3. The Morgan fingerprint density at radius 2 is 1.70 bits per heavy atom. The molecule has 3 nitrogen and oxygen atoms in total. The second-order valence-corrected chi connectivity index (χ2v) is 7.85. The number of hydrogen-bond donors (Lipinski definition) is 0. The van der Waals surface area contributed by atoms with Crippen LogP contribution in [0.4, 0.5) is 0 Å². The molecule has 116 valence electrons. The van der Waals surface area contributed by atoms with Gasteiger partial charge in [-0.2, -0.15) is 0 Å². The van der Waals surface area contributed by atoms with Gasteiger partial charge < -0.3 is 4.74 Å². The Bertz CT molecular complexity index is 364. The van der Waals surface area contributed by atoms with Crippen molar-refractivity contribution in [2.45, 2.75) is 78.5 Å². The Morgan fingerprint density at radius 3 is 2.05 bits per heavy atom. The van der Waals surface area contributed by atoms with Crippen LogP contribution in [0.25, 0.3) is 0 Å². The van der Waals surface area contributed by atoms with Gasteiger partial charge in [0.2, 0.25) is 0 Å². The van der Waals surface area contributed by atoms with Gasteiger partial charge in [-0.25, -0.2) is 4.79 Å². The quantitative estimate of drug-likeness (QED) is 0.580. The van der Waals surface area contributed by atoms with Crippen LogP contribution in [0.3, 0.4) is 0 Å². The fraction of sp³-hybridized carbons (Fsp3) is 0.824. The van der Waals surface area contributed by atoms with Gasteiger partial charge in [-0.3, -0.25) is 4.90 Å². The molecule has 0 bridgehead atoms. The van der Waals surface area contributed by atoms with E-state index in [0.29, 0.717) is 11.5 Å². The summed E-state index contributed by atoms with van der Waals surface area (Å²) in [6.45, 7) is 19.9. The van der Waals surface area contributed by atoms with Gasteiger partial charge in [0.05, 0.1) is 0 Å². The predicted molar refractivity (Wildman–Crippen MR) is 83.6 cm³/mol. The summed E-state index contributed by atoms with van der Waals surface area (Å²) in [6.07, 6.45) is 1.73. The Hall–Kier alpha value is -0.830. The average Bonchev–Trinajstić information content (AvgIpc) is 2.22. The van der Waals surface area contributed by atoms with E-state index in [2.05, 4.69) is 53.0 Å². The van der Waals surface area contributed by atoms with E-state index in [0.717, 1.165) is 19.4 Å². The van der Waals surface area contributed by atoms with Crippen molar-refractivity contribution < 1.29 is 9.53 Å². The van der Waals surface area contributed by atoms with Crippen LogP contribution in [0.15, 0.2) is 12.2 Å². The maximum Gasteiger partial charge on any atom is 0.333 e. The zero-order chi connectivity index (χ0) is 15.7. The fourth-order valence-corrected chi connectivity index (χ4v) is 3.42. The van der Waals surface area contributed by atoms with E-state index in [4.69, 9.17) is 4.74 Å². The predicted octanol–water partition coefficient (Wildman–Crippen LogP) is 3.78. The minimum absolute atomic E-state index is 0.0207. The van der Waals surface area contributed by atoms with Crippen LogP contribution >= 0.6 is 0 Å². The molecule has 3 heteroatoms. The van der Waals surface area contributed by atoms with Crippen molar-refractivity contribution >= 4 is 5.97 Å². The minimum Gasteiger partial charge on any atom is -0.459 e. The molecule has 0 aliphatic carbocycles. The summed E-state index contributed by atoms with van der Waals surface area (Å²) in [5, 5.41) is 0. The number of esters is 1. The molecule has 20 heavy (non-hydrogen) atoms. The van der Waals surface area contributed by atoms with E-state index in [9.17, 15) is 4.79 Å². The number of nitrogens with zero attached hydrogens (tertiary/aromatic N) is 1. The molecule has 0 radical (unpaired) electrons. The molecule has 0 spiro atoms. The normalized spacial score (nSPS) is 22.8. The SMILES string of the molecule is C=C(C)C(=O)OC1CC(C)(C)N(CC(C)C)C(C)(C)C1. The van der Waals surface area contributed by atoms with Gasteiger partial charge in [0.25, 0.3) is 0 Å². The lowest BCUT2D eigenvalue weighted by molar-refractivity contribution is -0.156. The zero-order valence-electron chi connectivity index (χ0n) is 14.2. The number of likely N-dealkylation sites (tertiary alicyclic amines) is 1. The van der Waals surface area contributed by atoms with Crippen LogP contribution in [0.1, 0.15) is 61.3 Å². The van der Waals surface area contributed by atoms with Gasteiger partial charge in [-0.15, -0.1) is 0 Å². The molecule has 1 aliphatic rings. The van der Waals surface area contributed by atoms with Gasteiger partial charge in [0.15, 0.2) is 0 Å². The number of carbonyl (C=O) groups excluding carboxylic acids is 1. The summed E-state index contributed by atoms with van der Waals surface area (Å²) in [5.41, 5.74) is 0.545. The summed E-state index contributed by atoms with van der Waals surface area (Å²) in [5.74, 6) is 0.363. The highest BCUT2D eigenvalue weighted by molar-refractivity contribution is 5.87. The van der Waals surface area contributed by atoms with Crippen LogP contribution in [-0.4, -0.2) is 34.6 Å². The molecular formula is C17H31NO2. The van der Waals surface area contributed by atoms with E-state index in [1.165, 1.54) is 0 Å². The van der Waals surface area contributed by atoms with Crippen molar-refractivity contribution in [3.8, 4) is 0 Å². The summed E-state index contributed by atoms with van der Waals surface area (Å²) >= 11 is 0. The molecule has 0 atom stereocenters. The van der Waals surface area contributed by atoms with Crippen molar-refractivity contribution in [1.82, 2.24) is 4.90 Å². The van der Waals surface area contributed by atoms with Crippen LogP contribution in [0.5, 0.6) is 0 Å². The largest absolute Gasteiger partial charge is 0.459 e. The lowest BCUT2D eigenvalue weighted by Crippen LogP contribution is -2.63. The van der Waals surface area contributed by atoms with Gasteiger partial charge in [0, 0.05) is 36.0 Å². The molecule has 1 heterocycles. The third-order valence-corrected chi connectivity index (χ3v) is 4.09. The first-order chi connectivity index (χ1) is 8.95. The molecule has 1 saturated heterocycles. The zero-order valence-corrected chi connectivity index (χ0v) is 14.2. The Balaban J connectivity index is 2.87. The standard InChI is InChI=1S/C17H31NO2/c1-12(2)11-18-16(5,6)9-14(10-17(18,7)8)20-15(19)13(3)4/h12,14H,3,9-11H2,1-2,4-8H3. The summed E-state index contributed by atoms with van der Waals surface area (Å²) in [4.78, 5) is 14.3. The molecule has 0 aromatic carbocycles. The maximum atomic E-state index is 11.8. The van der Waals surface area contributed by atoms with E-state index < -0.39 is 0 Å². The highest BCUT2D eigenvalue weighted by Gasteiger charge is 2.46. The topological polar surface area (TPSA) is 29.5 Å². The number of ether oxygens (including phenoxy) is 1. The molecule has 0 unspecified atom stereocenters. The van der Waals surface area contributed by atoms with E-state index in [-0.39, 0.29) is 23.2 Å². The monoisotopic (exact) mass is 281 g/mol. The first-order valence-electron chi connectivity index (χ1n) is 7.60. The van der Waals surface area contributed by atoms with Crippen molar-refractivity contribution in [1.29, 1.82) is 0 Å².